The molecule has 0 fully saturated rings. The average Bonchev–Trinajstić information content (AvgIpc) is 2.78. The third-order valence-corrected chi connectivity index (χ3v) is 5.77. The zero-order valence-electron chi connectivity index (χ0n) is 16.8. The highest BCUT2D eigenvalue weighted by molar-refractivity contribution is 7.98. The first-order valence-electron chi connectivity index (χ1n) is 9.41. The number of nitrogens with one attached hydrogen (secondary N) is 1. The van der Waals surface area contributed by atoms with Crippen molar-refractivity contribution < 1.29 is 14.3 Å². The van der Waals surface area contributed by atoms with E-state index in [0.29, 0.717) is 17.1 Å². The molecule has 4 nitrogen and oxygen atoms in total. The van der Waals surface area contributed by atoms with E-state index in [2.05, 4.69) is 17.4 Å². The Balaban J connectivity index is 1.72. The van der Waals surface area contributed by atoms with Gasteiger partial charge in [-0.1, -0.05) is 48.5 Å². The molecule has 3 rings (SSSR count). The molecule has 150 valence electrons. The molecule has 0 aromatic heterocycles. The van der Waals surface area contributed by atoms with E-state index in [1.807, 2.05) is 67.6 Å². The summed E-state index contributed by atoms with van der Waals surface area (Å²) < 4.78 is 10.7. The smallest absolute Gasteiger partial charge is 0.252 e. The number of ether oxygens (including phenoxy) is 2. The highest BCUT2D eigenvalue weighted by Crippen LogP contribution is 2.31. The minimum Gasteiger partial charge on any atom is -0.493 e. The molecule has 3 aromatic carbocycles. The molecule has 0 bridgehead atoms. The Labute approximate surface area is 176 Å². The van der Waals surface area contributed by atoms with Crippen LogP contribution in [0, 0.1) is 0 Å². The monoisotopic (exact) mass is 407 g/mol. The van der Waals surface area contributed by atoms with Gasteiger partial charge >= 0.3 is 0 Å². The van der Waals surface area contributed by atoms with E-state index in [1.165, 1.54) is 5.56 Å². The first-order chi connectivity index (χ1) is 14.1. The van der Waals surface area contributed by atoms with Crippen LogP contribution in [-0.4, -0.2) is 20.1 Å². The van der Waals surface area contributed by atoms with Crippen molar-refractivity contribution in [2.75, 3.05) is 14.2 Å². The Bertz CT molecular complexity index is 959. The molecular formula is C24H25NO3S. The SMILES string of the molecule is COc1ccc([C@@H](C)NC(=O)c2ccccc2SCc2ccccc2)cc1OC. The van der Waals surface area contributed by atoms with Gasteiger partial charge in [-0.25, -0.2) is 0 Å². The maximum Gasteiger partial charge on any atom is 0.252 e. The summed E-state index contributed by atoms with van der Waals surface area (Å²) in [7, 11) is 3.21. The van der Waals surface area contributed by atoms with Gasteiger partial charge in [-0.05, 0) is 42.3 Å². The van der Waals surface area contributed by atoms with Crippen LogP contribution in [0.3, 0.4) is 0 Å². The summed E-state index contributed by atoms with van der Waals surface area (Å²) in [5, 5.41) is 3.09. The molecule has 0 aliphatic heterocycles. The number of carbonyl (C=O) groups is 1. The number of methoxy groups -OCH3 is 2. The molecule has 0 aliphatic carbocycles. The molecule has 0 spiro atoms. The highest BCUT2D eigenvalue weighted by Gasteiger charge is 2.16. The summed E-state index contributed by atoms with van der Waals surface area (Å²) >= 11 is 1.67. The van der Waals surface area contributed by atoms with Crippen molar-refractivity contribution in [2.24, 2.45) is 0 Å². The second kappa shape index (κ2) is 10.0. The van der Waals surface area contributed by atoms with Gasteiger partial charge in [0.05, 0.1) is 25.8 Å². The molecule has 0 heterocycles. The molecule has 0 unspecified atom stereocenters. The van der Waals surface area contributed by atoms with Crippen molar-refractivity contribution in [2.45, 2.75) is 23.6 Å². The van der Waals surface area contributed by atoms with Gasteiger partial charge in [0.15, 0.2) is 11.5 Å². The largest absolute Gasteiger partial charge is 0.493 e. The first kappa shape index (κ1) is 20.8. The molecule has 29 heavy (non-hydrogen) atoms. The van der Waals surface area contributed by atoms with E-state index >= 15 is 0 Å². The minimum atomic E-state index is -0.172. The molecule has 1 amide bonds. The molecule has 1 N–H and O–H groups in total. The summed E-state index contributed by atoms with van der Waals surface area (Å²) in [6.07, 6.45) is 0. The Morgan fingerprint density at radius 1 is 0.931 bits per heavy atom. The lowest BCUT2D eigenvalue weighted by Crippen LogP contribution is -2.27. The molecule has 0 saturated heterocycles. The van der Waals surface area contributed by atoms with Gasteiger partial charge in [0.2, 0.25) is 0 Å². The highest BCUT2D eigenvalue weighted by atomic mass is 32.2. The van der Waals surface area contributed by atoms with E-state index in [1.54, 1.807) is 26.0 Å². The van der Waals surface area contributed by atoms with Gasteiger partial charge in [-0.3, -0.25) is 4.79 Å². The quantitative estimate of drug-likeness (QED) is 0.502. The molecule has 1 atom stereocenters. The van der Waals surface area contributed by atoms with Gasteiger partial charge in [-0.2, -0.15) is 0 Å². The Hall–Kier alpha value is -2.92. The zero-order chi connectivity index (χ0) is 20.6. The average molecular weight is 408 g/mol. The van der Waals surface area contributed by atoms with E-state index in [4.69, 9.17) is 9.47 Å². The Kier molecular flexibility index (Phi) is 7.19. The second-order valence-electron chi connectivity index (χ2n) is 6.58. The lowest BCUT2D eigenvalue weighted by Gasteiger charge is -2.17. The second-order valence-corrected chi connectivity index (χ2v) is 7.60. The van der Waals surface area contributed by atoms with E-state index in [-0.39, 0.29) is 11.9 Å². The fourth-order valence-electron chi connectivity index (χ4n) is 3.00. The third kappa shape index (κ3) is 5.33. The predicted octanol–water partition coefficient (Wildman–Crippen LogP) is 5.49. The van der Waals surface area contributed by atoms with Crippen molar-refractivity contribution in [3.63, 3.8) is 0 Å². The van der Waals surface area contributed by atoms with Crippen LogP contribution in [0.15, 0.2) is 77.7 Å². The number of benzene rings is 3. The first-order valence-corrected chi connectivity index (χ1v) is 10.4. The number of thioether (sulfide) groups is 1. The zero-order valence-corrected chi connectivity index (χ0v) is 17.7. The van der Waals surface area contributed by atoms with Crippen LogP contribution in [-0.2, 0) is 5.75 Å². The lowest BCUT2D eigenvalue weighted by molar-refractivity contribution is 0.0937. The van der Waals surface area contributed by atoms with Gasteiger partial charge in [0.1, 0.15) is 0 Å². The molecule has 0 aliphatic rings. The van der Waals surface area contributed by atoms with Crippen LogP contribution in [0.5, 0.6) is 11.5 Å². The normalized spacial score (nSPS) is 11.6. The van der Waals surface area contributed by atoms with Crippen molar-refractivity contribution in [1.82, 2.24) is 5.32 Å². The Morgan fingerprint density at radius 3 is 2.34 bits per heavy atom. The van der Waals surface area contributed by atoms with Crippen molar-refractivity contribution in [1.29, 1.82) is 0 Å². The van der Waals surface area contributed by atoms with Crippen LogP contribution in [0.4, 0.5) is 0 Å². The molecule has 0 radical (unpaired) electrons. The maximum atomic E-state index is 13.0. The van der Waals surface area contributed by atoms with E-state index in [9.17, 15) is 4.79 Å². The number of amides is 1. The van der Waals surface area contributed by atoms with Crippen molar-refractivity contribution in [3.05, 3.63) is 89.5 Å². The maximum absolute atomic E-state index is 13.0. The predicted molar refractivity (Wildman–Crippen MR) is 118 cm³/mol. The van der Waals surface area contributed by atoms with Gasteiger partial charge < -0.3 is 14.8 Å². The van der Waals surface area contributed by atoms with Crippen molar-refractivity contribution in [3.8, 4) is 11.5 Å². The van der Waals surface area contributed by atoms with Crippen LogP contribution in [0.2, 0.25) is 0 Å². The van der Waals surface area contributed by atoms with Gasteiger partial charge in [0.25, 0.3) is 5.91 Å². The van der Waals surface area contributed by atoms with Crippen LogP contribution < -0.4 is 14.8 Å². The summed E-state index contributed by atoms with van der Waals surface area (Å²) in [5.41, 5.74) is 2.86. The Morgan fingerprint density at radius 2 is 1.62 bits per heavy atom. The summed E-state index contributed by atoms with van der Waals surface area (Å²) in [6.45, 7) is 1.96. The van der Waals surface area contributed by atoms with Gasteiger partial charge in [-0.15, -0.1) is 11.8 Å². The number of hydrogen-bond acceptors (Lipinski definition) is 4. The van der Waals surface area contributed by atoms with E-state index < -0.39 is 0 Å². The van der Waals surface area contributed by atoms with Crippen LogP contribution >= 0.6 is 11.8 Å². The standard InChI is InChI=1S/C24H25NO3S/c1-17(19-13-14-21(27-2)22(15-19)28-3)25-24(26)20-11-7-8-12-23(20)29-16-18-9-5-4-6-10-18/h4-15,17H,16H2,1-3H3,(H,25,26)/t17-/m1/s1. The lowest BCUT2D eigenvalue weighted by atomic mass is 10.1. The number of carbonyl (C=O) groups excluding carboxylic acids is 1. The summed E-state index contributed by atoms with van der Waals surface area (Å²) in [6, 6.07) is 23.4. The fourth-order valence-corrected chi connectivity index (χ4v) is 4.00. The molecule has 5 heteroatoms. The number of hydrogen-bond donors (Lipinski definition) is 1. The molecular weight excluding hydrogens is 382 g/mol. The van der Waals surface area contributed by atoms with Gasteiger partial charge in [0, 0.05) is 10.6 Å². The van der Waals surface area contributed by atoms with Crippen molar-refractivity contribution >= 4 is 17.7 Å². The molecule has 3 aromatic rings. The van der Waals surface area contributed by atoms with Crippen LogP contribution in [0.1, 0.15) is 34.5 Å². The topological polar surface area (TPSA) is 47.6 Å². The van der Waals surface area contributed by atoms with Crippen LogP contribution in [0.25, 0.3) is 0 Å². The summed E-state index contributed by atoms with van der Waals surface area (Å²) in [4.78, 5) is 13.9. The minimum absolute atomic E-state index is 0.0940. The van der Waals surface area contributed by atoms with E-state index in [0.717, 1.165) is 16.2 Å². The number of rotatable bonds is 8. The third-order valence-electron chi connectivity index (χ3n) is 4.62. The molecule has 0 saturated carbocycles. The fraction of sp³-hybridized carbons (Fsp3) is 0.208. The summed E-state index contributed by atoms with van der Waals surface area (Å²) in [5.74, 6) is 2.03.